The minimum atomic E-state index is -0.456. The van der Waals surface area contributed by atoms with E-state index in [4.69, 9.17) is 23.2 Å². The number of benzene rings is 1. The Morgan fingerprint density at radius 1 is 1.36 bits per heavy atom. The van der Waals surface area contributed by atoms with Crippen molar-refractivity contribution in [3.8, 4) is 0 Å². The minimum absolute atomic E-state index is 0.193. The van der Waals surface area contributed by atoms with Gasteiger partial charge in [-0.25, -0.2) is 0 Å². The molecule has 0 radical (unpaired) electrons. The van der Waals surface area contributed by atoms with Crippen molar-refractivity contribution in [3.05, 3.63) is 34.9 Å². The Morgan fingerprint density at radius 2 is 2.00 bits per heavy atom. The van der Waals surface area contributed by atoms with Crippen LogP contribution < -0.4 is 0 Å². The lowest BCUT2D eigenvalue weighted by Gasteiger charge is -2.18. The molecule has 0 aromatic heterocycles. The van der Waals surface area contributed by atoms with Gasteiger partial charge in [-0.05, 0) is 24.5 Å². The van der Waals surface area contributed by atoms with Crippen LogP contribution in [0.3, 0.4) is 0 Å². The van der Waals surface area contributed by atoms with E-state index in [0.717, 1.165) is 24.7 Å². The largest absolute Gasteiger partial charge is 0.302 e. The maximum absolute atomic E-state index is 10.7. The third kappa shape index (κ3) is 1.45. The lowest BCUT2D eigenvalue weighted by atomic mass is 9.92. The fraction of sp³-hybridized carbons (Fsp3) is 0.364. The van der Waals surface area contributed by atoms with E-state index in [-0.39, 0.29) is 5.41 Å². The molecule has 14 heavy (non-hydrogen) atoms. The van der Waals surface area contributed by atoms with E-state index in [0.29, 0.717) is 5.02 Å². The minimum Gasteiger partial charge on any atom is -0.302 e. The molecule has 1 unspecified atom stereocenters. The van der Waals surface area contributed by atoms with E-state index in [2.05, 4.69) is 0 Å². The van der Waals surface area contributed by atoms with Crippen molar-refractivity contribution < 1.29 is 4.79 Å². The Hall–Kier alpha value is -0.530. The van der Waals surface area contributed by atoms with Gasteiger partial charge >= 0.3 is 0 Å². The van der Waals surface area contributed by atoms with Gasteiger partial charge in [0.05, 0.1) is 5.38 Å². The number of alkyl halides is 1. The van der Waals surface area contributed by atoms with Crippen LogP contribution in [0.25, 0.3) is 0 Å². The van der Waals surface area contributed by atoms with E-state index in [1.807, 2.05) is 24.3 Å². The van der Waals surface area contributed by atoms with Crippen molar-refractivity contribution in [1.29, 1.82) is 0 Å². The van der Waals surface area contributed by atoms with Gasteiger partial charge in [-0.2, -0.15) is 0 Å². The summed E-state index contributed by atoms with van der Waals surface area (Å²) in [4.78, 5) is 10.7. The van der Waals surface area contributed by atoms with Crippen molar-refractivity contribution in [2.24, 2.45) is 0 Å². The molecule has 0 aliphatic heterocycles. The molecule has 1 aromatic rings. The zero-order valence-electron chi connectivity index (χ0n) is 7.54. The van der Waals surface area contributed by atoms with E-state index in [1.54, 1.807) is 0 Å². The van der Waals surface area contributed by atoms with Crippen LogP contribution in [0.4, 0.5) is 0 Å². The topological polar surface area (TPSA) is 17.1 Å². The molecule has 0 saturated heterocycles. The van der Waals surface area contributed by atoms with Crippen molar-refractivity contribution in [1.82, 2.24) is 0 Å². The summed E-state index contributed by atoms with van der Waals surface area (Å²) in [5, 5.41) is 0.250. The highest BCUT2D eigenvalue weighted by Gasteiger charge is 2.51. The highest BCUT2D eigenvalue weighted by molar-refractivity contribution is 6.32. The number of hydrogen-bond acceptors (Lipinski definition) is 1. The van der Waals surface area contributed by atoms with Gasteiger partial charge in [-0.3, -0.25) is 0 Å². The zero-order chi connectivity index (χ0) is 10.2. The monoisotopic (exact) mass is 228 g/mol. The third-order valence-electron chi connectivity index (χ3n) is 2.85. The Balaban J connectivity index is 2.40. The molecule has 3 heteroatoms. The second-order valence-electron chi connectivity index (χ2n) is 3.67. The summed E-state index contributed by atoms with van der Waals surface area (Å²) in [7, 11) is 0. The molecule has 0 amide bonds. The van der Waals surface area contributed by atoms with E-state index < -0.39 is 5.38 Å². The molecule has 0 N–H and O–H groups in total. The van der Waals surface area contributed by atoms with Crippen molar-refractivity contribution >= 4 is 29.5 Å². The molecule has 1 fully saturated rings. The molecular formula is C11H10Cl2O. The molecule has 1 aliphatic carbocycles. The first kappa shape index (κ1) is 10.0. The number of carbonyl (C=O) groups is 1. The van der Waals surface area contributed by atoms with Crippen molar-refractivity contribution in [2.45, 2.75) is 23.6 Å². The molecule has 2 rings (SSSR count). The van der Waals surface area contributed by atoms with Gasteiger partial charge in [0.2, 0.25) is 0 Å². The van der Waals surface area contributed by atoms with Crippen LogP contribution >= 0.6 is 23.2 Å². The predicted molar refractivity (Wildman–Crippen MR) is 58.1 cm³/mol. The summed E-state index contributed by atoms with van der Waals surface area (Å²) in [6, 6.07) is 7.60. The molecule has 1 saturated carbocycles. The first-order valence-corrected chi connectivity index (χ1v) is 5.36. The second-order valence-corrected chi connectivity index (χ2v) is 4.55. The maximum atomic E-state index is 10.7. The highest BCUT2D eigenvalue weighted by atomic mass is 35.5. The summed E-state index contributed by atoms with van der Waals surface area (Å²) < 4.78 is 0. The summed E-state index contributed by atoms with van der Waals surface area (Å²) in [6.45, 7) is 0. The van der Waals surface area contributed by atoms with Crippen LogP contribution in [0.5, 0.6) is 0 Å². The standard InChI is InChI=1S/C11H10Cl2O/c12-9-4-2-1-3-8(9)11(5-6-11)10(13)7-14/h1-4,7,10H,5-6H2. The Morgan fingerprint density at radius 3 is 2.50 bits per heavy atom. The van der Waals surface area contributed by atoms with Gasteiger partial charge in [-0.1, -0.05) is 29.8 Å². The number of halogens is 2. The van der Waals surface area contributed by atoms with Crippen LogP contribution in [0, 0.1) is 0 Å². The normalized spacial score (nSPS) is 20.1. The summed E-state index contributed by atoms with van der Waals surface area (Å²) >= 11 is 12.1. The molecule has 1 aromatic carbocycles. The molecular weight excluding hydrogens is 219 g/mol. The summed E-state index contributed by atoms with van der Waals surface area (Å²) in [5.41, 5.74) is 0.815. The van der Waals surface area contributed by atoms with E-state index in [1.165, 1.54) is 0 Å². The molecule has 0 bridgehead atoms. The van der Waals surface area contributed by atoms with Gasteiger partial charge < -0.3 is 4.79 Å². The zero-order valence-corrected chi connectivity index (χ0v) is 9.05. The van der Waals surface area contributed by atoms with E-state index >= 15 is 0 Å². The van der Waals surface area contributed by atoms with Gasteiger partial charge in [0.1, 0.15) is 6.29 Å². The average Bonchev–Trinajstić information content (AvgIpc) is 2.98. The summed E-state index contributed by atoms with van der Waals surface area (Å²) in [5.74, 6) is 0. The van der Waals surface area contributed by atoms with Crippen LogP contribution in [0.1, 0.15) is 18.4 Å². The summed E-state index contributed by atoms with van der Waals surface area (Å²) in [6.07, 6.45) is 2.70. The first-order chi connectivity index (χ1) is 6.70. The molecule has 74 valence electrons. The smallest absolute Gasteiger partial charge is 0.138 e. The average molecular weight is 229 g/mol. The van der Waals surface area contributed by atoms with Gasteiger partial charge in [0.25, 0.3) is 0 Å². The maximum Gasteiger partial charge on any atom is 0.138 e. The lowest BCUT2D eigenvalue weighted by Crippen LogP contribution is -2.22. The van der Waals surface area contributed by atoms with Gasteiger partial charge in [-0.15, -0.1) is 11.6 Å². The number of carbonyl (C=O) groups excluding carboxylic acids is 1. The van der Waals surface area contributed by atoms with Crippen LogP contribution in [0.2, 0.25) is 5.02 Å². The first-order valence-electron chi connectivity index (χ1n) is 4.55. The Labute approximate surface area is 93.0 Å². The third-order valence-corrected chi connectivity index (χ3v) is 3.70. The second kappa shape index (κ2) is 3.56. The van der Waals surface area contributed by atoms with Crippen molar-refractivity contribution in [3.63, 3.8) is 0 Å². The molecule has 0 spiro atoms. The van der Waals surface area contributed by atoms with Crippen molar-refractivity contribution in [2.75, 3.05) is 0 Å². The number of rotatable bonds is 3. The molecule has 1 atom stereocenters. The highest BCUT2D eigenvalue weighted by Crippen LogP contribution is 2.54. The quantitative estimate of drug-likeness (QED) is 0.574. The predicted octanol–water partition coefficient (Wildman–Crippen LogP) is 3.18. The fourth-order valence-corrected chi connectivity index (χ4v) is 2.48. The Kier molecular flexibility index (Phi) is 2.54. The van der Waals surface area contributed by atoms with Gasteiger partial charge in [0.15, 0.2) is 0 Å². The van der Waals surface area contributed by atoms with Crippen LogP contribution in [-0.2, 0) is 10.2 Å². The van der Waals surface area contributed by atoms with E-state index in [9.17, 15) is 4.79 Å². The fourth-order valence-electron chi connectivity index (χ4n) is 1.82. The molecule has 1 nitrogen and oxygen atoms in total. The lowest BCUT2D eigenvalue weighted by molar-refractivity contribution is -0.108. The number of hydrogen-bond donors (Lipinski definition) is 0. The molecule has 1 aliphatic rings. The van der Waals surface area contributed by atoms with Crippen LogP contribution in [-0.4, -0.2) is 11.7 Å². The SMILES string of the molecule is O=CC(Cl)C1(c2ccccc2Cl)CC1. The van der Waals surface area contributed by atoms with Gasteiger partial charge in [0, 0.05) is 10.4 Å². The Bertz CT molecular complexity index is 358. The molecule has 0 heterocycles. The number of aldehydes is 1. The van der Waals surface area contributed by atoms with Crippen LogP contribution in [0.15, 0.2) is 24.3 Å².